The van der Waals surface area contributed by atoms with Gasteiger partial charge < -0.3 is 10.8 Å². The van der Waals surface area contributed by atoms with Gasteiger partial charge in [0.1, 0.15) is 5.75 Å². The third-order valence-electron chi connectivity index (χ3n) is 2.81. The molecule has 0 fully saturated rings. The van der Waals surface area contributed by atoms with Gasteiger partial charge in [0.2, 0.25) is 0 Å². The minimum Gasteiger partial charge on any atom is -0.507 e. The average molecular weight is 278 g/mol. The fraction of sp³-hybridized carbons (Fsp3) is 0.538. The molecule has 3 N–H and O–H groups in total. The second kappa shape index (κ2) is 7.80. The number of phenolic OH excluding ortho intramolecular Hbond substituents is 1. The van der Waals surface area contributed by atoms with E-state index in [4.69, 9.17) is 17.3 Å². The number of rotatable bonds is 5. The Morgan fingerprint density at radius 1 is 1.35 bits per heavy atom. The maximum Gasteiger partial charge on any atom is 0.123 e. The van der Waals surface area contributed by atoms with Gasteiger partial charge in [-0.05, 0) is 31.0 Å². The molecule has 0 aromatic heterocycles. The maximum absolute atomic E-state index is 9.91. The van der Waals surface area contributed by atoms with E-state index in [1.165, 1.54) is 12.8 Å². The largest absolute Gasteiger partial charge is 0.507 e. The lowest BCUT2D eigenvalue weighted by molar-refractivity contribution is 0.452. The Balaban J connectivity index is 0.00000256. The Bertz CT molecular complexity index is 356. The standard InChI is InChI=1S/C13H20ClNO.ClH/c1-3-4-5-6-12(15)11-8-10(14)7-9(2)13(11)16;/h7-8,12,16H,3-6,15H2,1-2H3;1H/t12-;/m1./s1. The topological polar surface area (TPSA) is 46.2 Å². The fourth-order valence-corrected chi connectivity index (χ4v) is 2.10. The molecule has 0 aliphatic heterocycles. The van der Waals surface area contributed by atoms with Crippen LogP contribution in [0.25, 0.3) is 0 Å². The van der Waals surface area contributed by atoms with Crippen molar-refractivity contribution in [1.82, 2.24) is 0 Å². The molecule has 17 heavy (non-hydrogen) atoms. The summed E-state index contributed by atoms with van der Waals surface area (Å²) < 4.78 is 0. The van der Waals surface area contributed by atoms with Crippen LogP contribution < -0.4 is 5.73 Å². The van der Waals surface area contributed by atoms with Gasteiger partial charge in [-0.25, -0.2) is 0 Å². The Kier molecular flexibility index (Phi) is 7.60. The van der Waals surface area contributed by atoms with Crippen LogP contribution in [0, 0.1) is 6.92 Å². The van der Waals surface area contributed by atoms with E-state index in [-0.39, 0.29) is 24.2 Å². The fourth-order valence-electron chi connectivity index (χ4n) is 1.81. The van der Waals surface area contributed by atoms with Crippen LogP contribution in [-0.4, -0.2) is 5.11 Å². The Morgan fingerprint density at radius 3 is 2.59 bits per heavy atom. The van der Waals surface area contributed by atoms with E-state index in [1.54, 1.807) is 12.1 Å². The summed E-state index contributed by atoms with van der Waals surface area (Å²) in [6.45, 7) is 4.00. The Morgan fingerprint density at radius 2 is 2.00 bits per heavy atom. The van der Waals surface area contributed by atoms with Crippen LogP contribution in [0.4, 0.5) is 0 Å². The van der Waals surface area contributed by atoms with Gasteiger partial charge in [-0.15, -0.1) is 12.4 Å². The molecule has 0 amide bonds. The van der Waals surface area contributed by atoms with Crippen molar-refractivity contribution in [3.8, 4) is 5.75 Å². The lowest BCUT2D eigenvalue weighted by Gasteiger charge is -2.15. The number of hydrogen-bond donors (Lipinski definition) is 2. The van der Waals surface area contributed by atoms with Crippen LogP contribution in [0.15, 0.2) is 12.1 Å². The summed E-state index contributed by atoms with van der Waals surface area (Å²) in [6, 6.07) is 3.39. The molecule has 0 bridgehead atoms. The highest BCUT2D eigenvalue weighted by Gasteiger charge is 2.13. The molecule has 0 saturated carbocycles. The van der Waals surface area contributed by atoms with Crippen molar-refractivity contribution in [3.05, 3.63) is 28.3 Å². The molecule has 2 nitrogen and oxygen atoms in total. The van der Waals surface area contributed by atoms with Gasteiger partial charge in [0.15, 0.2) is 0 Å². The van der Waals surface area contributed by atoms with Crippen molar-refractivity contribution < 1.29 is 5.11 Å². The Labute approximate surface area is 115 Å². The molecule has 0 heterocycles. The number of hydrogen-bond acceptors (Lipinski definition) is 2. The van der Waals surface area contributed by atoms with Gasteiger partial charge in [-0.2, -0.15) is 0 Å². The van der Waals surface area contributed by atoms with Gasteiger partial charge in [0.05, 0.1) is 0 Å². The first-order chi connectivity index (χ1) is 7.56. The quantitative estimate of drug-likeness (QED) is 0.786. The zero-order valence-electron chi connectivity index (χ0n) is 10.4. The summed E-state index contributed by atoms with van der Waals surface area (Å²) in [6.07, 6.45) is 4.32. The summed E-state index contributed by atoms with van der Waals surface area (Å²) in [4.78, 5) is 0. The second-order valence-corrected chi connectivity index (χ2v) is 4.70. The molecule has 1 aromatic carbocycles. The van der Waals surface area contributed by atoms with Crippen LogP contribution in [-0.2, 0) is 0 Å². The molecule has 0 saturated heterocycles. The molecule has 0 radical (unpaired) electrons. The summed E-state index contributed by atoms with van der Waals surface area (Å²) in [5, 5.41) is 10.5. The van der Waals surface area contributed by atoms with Crippen LogP contribution in [0.2, 0.25) is 5.02 Å². The molecule has 0 unspecified atom stereocenters. The molecule has 4 heteroatoms. The Hall–Kier alpha value is -0.440. The second-order valence-electron chi connectivity index (χ2n) is 4.26. The molecule has 0 aliphatic carbocycles. The first-order valence-electron chi connectivity index (χ1n) is 5.80. The average Bonchev–Trinajstić information content (AvgIpc) is 2.23. The predicted molar refractivity (Wildman–Crippen MR) is 76.2 cm³/mol. The van der Waals surface area contributed by atoms with E-state index >= 15 is 0 Å². The van der Waals surface area contributed by atoms with Crippen molar-refractivity contribution in [2.45, 2.75) is 45.6 Å². The first-order valence-corrected chi connectivity index (χ1v) is 6.18. The SMILES string of the molecule is CCCCC[C@@H](N)c1cc(Cl)cc(C)c1O.Cl. The number of benzene rings is 1. The van der Waals surface area contributed by atoms with E-state index in [1.807, 2.05) is 6.92 Å². The lowest BCUT2D eigenvalue weighted by Crippen LogP contribution is -2.10. The molecule has 1 atom stereocenters. The molecule has 0 aliphatic rings. The molecule has 98 valence electrons. The van der Waals surface area contributed by atoms with Crippen molar-refractivity contribution in [2.24, 2.45) is 5.73 Å². The highest BCUT2D eigenvalue weighted by molar-refractivity contribution is 6.30. The molecular formula is C13H21Cl2NO. The third-order valence-corrected chi connectivity index (χ3v) is 3.03. The lowest BCUT2D eigenvalue weighted by atomic mass is 9.98. The highest BCUT2D eigenvalue weighted by atomic mass is 35.5. The highest BCUT2D eigenvalue weighted by Crippen LogP contribution is 2.32. The van der Waals surface area contributed by atoms with Crippen LogP contribution in [0.5, 0.6) is 5.75 Å². The van der Waals surface area contributed by atoms with Crippen molar-refractivity contribution in [1.29, 1.82) is 0 Å². The summed E-state index contributed by atoms with van der Waals surface area (Å²) in [5.74, 6) is 0.286. The number of aryl methyl sites for hydroxylation is 1. The van der Waals surface area contributed by atoms with E-state index in [2.05, 4.69) is 6.92 Å². The summed E-state index contributed by atoms with van der Waals surface area (Å²) >= 11 is 5.96. The van der Waals surface area contributed by atoms with Gasteiger partial charge in [-0.3, -0.25) is 0 Å². The third kappa shape index (κ3) is 4.74. The van der Waals surface area contributed by atoms with Crippen LogP contribution in [0.1, 0.15) is 49.8 Å². The predicted octanol–water partition coefficient (Wildman–Crippen LogP) is 4.36. The van der Waals surface area contributed by atoms with E-state index in [9.17, 15) is 5.11 Å². The smallest absolute Gasteiger partial charge is 0.123 e. The molecular weight excluding hydrogens is 257 g/mol. The monoisotopic (exact) mass is 277 g/mol. The van der Waals surface area contributed by atoms with Gasteiger partial charge >= 0.3 is 0 Å². The summed E-state index contributed by atoms with van der Waals surface area (Å²) in [7, 11) is 0. The minimum atomic E-state index is -0.121. The first kappa shape index (κ1) is 16.6. The van der Waals surface area contributed by atoms with Crippen LogP contribution >= 0.6 is 24.0 Å². The van der Waals surface area contributed by atoms with E-state index < -0.39 is 0 Å². The zero-order valence-corrected chi connectivity index (χ0v) is 11.9. The van der Waals surface area contributed by atoms with E-state index in [0.29, 0.717) is 5.02 Å². The molecule has 0 spiro atoms. The van der Waals surface area contributed by atoms with Crippen molar-refractivity contribution in [2.75, 3.05) is 0 Å². The van der Waals surface area contributed by atoms with Crippen molar-refractivity contribution >= 4 is 24.0 Å². The van der Waals surface area contributed by atoms with Gasteiger partial charge in [0, 0.05) is 16.6 Å². The summed E-state index contributed by atoms with van der Waals surface area (Å²) in [5.41, 5.74) is 7.61. The normalized spacial score (nSPS) is 12.0. The van der Waals surface area contributed by atoms with Gasteiger partial charge in [0.25, 0.3) is 0 Å². The zero-order chi connectivity index (χ0) is 12.1. The van der Waals surface area contributed by atoms with E-state index in [0.717, 1.165) is 24.0 Å². The van der Waals surface area contributed by atoms with Gasteiger partial charge in [-0.1, -0.05) is 37.8 Å². The number of nitrogens with two attached hydrogens (primary N) is 1. The number of aromatic hydroxyl groups is 1. The number of phenols is 1. The maximum atomic E-state index is 9.91. The van der Waals surface area contributed by atoms with Crippen LogP contribution in [0.3, 0.4) is 0 Å². The van der Waals surface area contributed by atoms with Crippen molar-refractivity contribution in [3.63, 3.8) is 0 Å². The minimum absolute atomic E-state index is 0. The number of halogens is 2. The molecule has 1 aromatic rings. The molecule has 1 rings (SSSR count). The number of unbranched alkanes of at least 4 members (excludes halogenated alkanes) is 2.